The maximum absolute atomic E-state index is 7.28. The summed E-state index contributed by atoms with van der Waals surface area (Å²) >= 11 is 0. The van der Waals surface area contributed by atoms with Crippen molar-refractivity contribution in [1.82, 2.24) is 4.57 Å². The van der Waals surface area contributed by atoms with E-state index < -0.39 is 0 Å². The lowest BCUT2D eigenvalue weighted by molar-refractivity contribution is 0.662. The quantitative estimate of drug-likeness (QED) is 0.183. The largest absolute Gasteiger partial charge is 0.456 e. The number of nitrogens with zero attached hydrogens (tertiary/aromatic N) is 2. The minimum absolute atomic E-state index is 0.812. The van der Waals surface area contributed by atoms with Crippen LogP contribution in [0, 0.1) is 0 Å². The van der Waals surface area contributed by atoms with Crippen LogP contribution in [0.2, 0.25) is 0 Å². The molecule has 0 N–H and O–H groups in total. The van der Waals surface area contributed by atoms with Crippen molar-refractivity contribution in [2.24, 2.45) is 0 Å². The highest BCUT2D eigenvalue weighted by Crippen LogP contribution is 2.48. The van der Waals surface area contributed by atoms with Gasteiger partial charge in [-0.2, -0.15) is 0 Å². The summed E-state index contributed by atoms with van der Waals surface area (Å²) in [5.74, 6) is 0. The fraction of sp³-hybridized carbons (Fsp3) is 0. The summed E-state index contributed by atoms with van der Waals surface area (Å²) in [5, 5.41) is 6.52. The Morgan fingerprint density at radius 3 is 1.69 bits per heavy atom. The molecule has 4 heteroatoms. The molecule has 0 unspecified atom stereocenters. The summed E-state index contributed by atoms with van der Waals surface area (Å²) in [4.78, 5) is 2.29. The molecule has 244 valence electrons. The van der Waals surface area contributed by atoms with Gasteiger partial charge in [-0.15, -0.1) is 0 Å². The van der Waals surface area contributed by atoms with Gasteiger partial charge in [0.15, 0.2) is 11.2 Å². The summed E-state index contributed by atoms with van der Waals surface area (Å²) in [7, 11) is 0. The SMILES string of the molecule is c1ccc(-c2ccc(N(c3ccccc3)c3cccc4c3oc3c(-n5c6ccccc6c6ccccc65)c5c(cc34)oc3ccccc35)cc2)cc1. The van der Waals surface area contributed by atoms with E-state index in [0.29, 0.717) is 0 Å². The van der Waals surface area contributed by atoms with Crippen LogP contribution >= 0.6 is 0 Å². The zero-order chi connectivity index (χ0) is 34.2. The fourth-order valence-electron chi connectivity index (χ4n) is 8.09. The highest BCUT2D eigenvalue weighted by molar-refractivity contribution is 6.23. The third-order valence-corrected chi connectivity index (χ3v) is 10.4. The van der Waals surface area contributed by atoms with Gasteiger partial charge < -0.3 is 18.3 Å². The van der Waals surface area contributed by atoms with Gasteiger partial charge in [-0.1, -0.05) is 127 Å². The molecule has 0 aliphatic rings. The lowest BCUT2D eigenvalue weighted by Crippen LogP contribution is -2.10. The average molecular weight is 667 g/mol. The molecule has 4 nitrogen and oxygen atoms in total. The van der Waals surface area contributed by atoms with Crippen LogP contribution in [0.3, 0.4) is 0 Å². The van der Waals surface area contributed by atoms with E-state index in [-0.39, 0.29) is 0 Å². The van der Waals surface area contributed by atoms with Crippen LogP contribution in [0.4, 0.5) is 17.1 Å². The van der Waals surface area contributed by atoms with Gasteiger partial charge in [-0.05, 0) is 65.7 Å². The zero-order valence-corrected chi connectivity index (χ0v) is 28.0. The highest BCUT2D eigenvalue weighted by Gasteiger charge is 2.26. The Labute approximate surface area is 299 Å². The van der Waals surface area contributed by atoms with Crippen molar-refractivity contribution in [2.45, 2.75) is 0 Å². The van der Waals surface area contributed by atoms with Crippen molar-refractivity contribution < 1.29 is 8.83 Å². The zero-order valence-electron chi connectivity index (χ0n) is 28.0. The molecule has 52 heavy (non-hydrogen) atoms. The van der Waals surface area contributed by atoms with E-state index in [4.69, 9.17) is 8.83 Å². The molecule has 0 bridgehead atoms. The van der Waals surface area contributed by atoms with Gasteiger partial charge >= 0.3 is 0 Å². The lowest BCUT2D eigenvalue weighted by atomic mass is 10.0. The Hall–Kier alpha value is -7.04. The first-order valence-electron chi connectivity index (χ1n) is 17.6. The Kier molecular flexibility index (Phi) is 6.22. The number of rotatable bonds is 5. The molecule has 0 aliphatic heterocycles. The summed E-state index contributed by atoms with van der Waals surface area (Å²) < 4.78 is 16.3. The van der Waals surface area contributed by atoms with Gasteiger partial charge in [-0.3, -0.25) is 0 Å². The maximum atomic E-state index is 7.28. The number of hydrogen-bond acceptors (Lipinski definition) is 3. The first kappa shape index (κ1) is 28.8. The Bertz CT molecular complexity index is 3060. The predicted octanol–water partition coefficient (Wildman–Crippen LogP) is 13.7. The molecular weight excluding hydrogens is 637 g/mol. The van der Waals surface area contributed by atoms with Crippen molar-refractivity contribution in [1.29, 1.82) is 0 Å². The summed E-state index contributed by atoms with van der Waals surface area (Å²) in [5.41, 5.74) is 11.9. The van der Waals surface area contributed by atoms with Gasteiger partial charge in [0.25, 0.3) is 0 Å². The van der Waals surface area contributed by atoms with Crippen LogP contribution in [0.5, 0.6) is 0 Å². The Morgan fingerprint density at radius 2 is 0.962 bits per heavy atom. The van der Waals surface area contributed by atoms with Gasteiger partial charge in [0, 0.05) is 38.3 Å². The Balaban J connectivity index is 1.23. The van der Waals surface area contributed by atoms with Gasteiger partial charge in [0.2, 0.25) is 0 Å². The van der Waals surface area contributed by atoms with E-state index >= 15 is 0 Å². The van der Waals surface area contributed by atoms with Crippen LogP contribution in [0.1, 0.15) is 0 Å². The van der Waals surface area contributed by atoms with E-state index in [1.807, 2.05) is 12.1 Å². The summed E-state index contributed by atoms with van der Waals surface area (Å²) in [6.07, 6.45) is 0. The average Bonchev–Trinajstić information content (AvgIpc) is 3.88. The number of aromatic nitrogens is 1. The monoisotopic (exact) mass is 666 g/mol. The molecule has 0 aliphatic carbocycles. The number of benzene rings is 8. The summed E-state index contributed by atoms with van der Waals surface area (Å²) in [6, 6.07) is 64.0. The second-order valence-electron chi connectivity index (χ2n) is 13.3. The van der Waals surface area contributed by atoms with E-state index in [0.717, 1.165) is 77.7 Å². The van der Waals surface area contributed by atoms with Crippen LogP contribution < -0.4 is 4.90 Å². The third-order valence-electron chi connectivity index (χ3n) is 10.4. The molecule has 0 spiro atoms. The number of para-hydroxylation sites is 5. The van der Waals surface area contributed by atoms with Crippen LogP contribution in [-0.4, -0.2) is 4.57 Å². The molecule has 3 aromatic heterocycles. The number of fused-ring (bicyclic) bond motifs is 9. The number of anilines is 3. The molecule has 11 rings (SSSR count). The van der Waals surface area contributed by atoms with Crippen molar-refractivity contribution in [3.63, 3.8) is 0 Å². The van der Waals surface area contributed by atoms with Crippen LogP contribution in [0.25, 0.3) is 82.5 Å². The lowest BCUT2D eigenvalue weighted by Gasteiger charge is -2.25. The minimum Gasteiger partial charge on any atom is -0.456 e. The normalized spacial score (nSPS) is 11.8. The smallest absolute Gasteiger partial charge is 0.160 e. The van der Waals surface area contributed by atoms with E-state index in [1.165, 1.54) is 21.9 Å². The Morgan fingerprint density at radius 1 is 0.385 bits per heavy atom. The van der Waals surface area contributed by atoms with Crippen molar-refractivity contribution in [3.05, 3.63) is 182 Å². The van der Waals surface area contributed by atoms with Crippen molar-refractivity contribution >= 4 is 82.7 Å². The first-order chi connectivity index (χ1) is 25.8. The molecule has 8 aromatic carbocycles. The highest BCUT2D eigenvalue weighted by atomic mass is 16.3. The van der Waals surface area contributed by atoms with Crippen LogP contribution in [0.15, 0.2) is 191 Å². The fourth-order valence-corrected chi connectivity index (χ4v) is 8.09. The molecule has 0 radical (unpaired) electrons. The molecule has 0 amide bonds. The number of furan rings is 2. The van der Waals surface area contributed by atoms with Crippen molar-refractivity contribution in [3.8, 4) is 16.8 Å². The standard InChI is InChI=1S/C48H30N2O2/c1-3-14-31(15-4-1)32-26-28-34(29-27-32)49(33-16-5-2-6-17-33)42-24-13-21-37-39-30-44-45(38-20-9-12-25-43(38)51-44)46(48(39)52-47(37)42)50-40-22-10-7-18-35(40)36-19-8-11-23-41(36)50/h1-30H. The first-order valence-corrected chi connectivity index (χ1v) is 17.6. The molecule has 0 saturated heterocycles. The molecule has 0 saturated carbocycles. The topological polar surface area (TPSA) is 34.5 Å². The van der Waals surface area contributed by atoms with Crippen LogP contribution in [-0.2, 0) is 0 Å². The van der Waals surface area contributed by atoms with Gasteiger partial charge in [0.05, 0.1) is 22.1 Å². The van der Waals surface area contributed by atoms with E-state index in [2.05, 4.69) is 179 Å². The minimum atomic E-state index is 0.812. The van der Waals surface area contributed by atoms with Crippen molar-refractivity contribution in [2.75, 3.05) is 4.90 Å². The molecule has 0 fully saturated rings. The third kappa shape index (κ3) is 4.21. The second-order valence-corrected chi connectivity index (χ2v) is 13.3. The van der Waals surface area contributed by atoms with Gasteiger partial charge in [0.1, 0.15) is 16.9 Å². The summed E-state index contributed by atoms with van der Waals surface area (Å²) in [6.45, 7) is 0. The molecule has 3 heterocycles. The van der Waals surface area contributed by atoms with E-state index in [9.17, 15) is 0 Å². The van der Waals surface area contributed by atoms with E-state index in [1.54, 1.807) is 0 Å². The number of hydrogen-bond donors (Lipinski definition) is 0. The predicted molar refractivity (Wildman–Crippen MR) is 215 cm³/mol. The second kappa shape index (κ2) is 11.2. The van der Waals surface area contributed by atoms with Gasteiger partial charge in [-0.25, -0.2) is 0 Å². The maximum Gasteiger partial charge on any atom is 0.160 e. The molecule has 0 atom stereocenters. The molecule has 11 aromatic rings. The molecular formula is C48H30N2O2.